The SMILES string of the molecule is O=CC1Oc2ccccc2N1C1CCN(Cc2ccc(OCc3ccccc3)cc2)CC1. The molecule has 0 bridgehead atoms. The van der Waals surface area contributed by atoms with Crippen LogP contribution in [0.5, 0.6) is 11.5 Å². The van der Waals surface area contributed by atoms with Gasteiger partial charge >= 0.3 is 0 Å². The van der Waals surface area contributed by atoms with Gasteiger partial charge in [0.2, 0.25) is 6.23 Å². The van der Waals surface area contributed by atoms with E-state index >= 15 is 0 Å². The first kappa shape index (κ1) is 20.6. The van der Waals surface area contributed by atoms with Crippen LogP contribution < -0.4 is 14.4 Å². The van der Waals surface area contributed by atoms with E-state index in [4.69, 9.17) is 9.47 Å². The molecule has 0 radical (unpaired) electrons. The number of nitrogens with zero attached hydrogens (tertiary/aromatic N) is 2. The molecule has 0 aromatic heterocycles. The van der Waals surface area contributed by atoms with Crippen molar-refractivity contribution >= 4 is 12.0 Å². The number of hydrogen-bond donors (Lipinski definition) is 0. The monoisotopic (exact) mass is 428 g/mol. The van der Waals surface area contributed by atoms with E-state index in [-0.39, 0.29) is 0 Å². The smallest absolute Gasteiger partial charge is 0.229 e. The number of aldehydes is 1. The summed E-state index contributed by atoms with van der Waals surface area (Å²) in [5.41, 5.74) is 3.49. The number of carbonyl (C=O) groups excluding carboxylic acids is 1. The van der Waals surface area contributed by atoms with E-state index in [1.807, 2.05) is 42.5 Å². The number of hydrogen-bond acceptors (Lipinski definition) is 5. The lowest BCUT2D eigenvalue weighted by Gasteiger charge is -2.38. The molecular weight excluding hydrogens is 400 g/mol. The zero-order valence-electron chi connectivity index (χ0n) is 18.1. The molecule has 5 nitrogen and oxygen atoms in total. The molecule has 2 heterocycles. The molecule has 2 aliphatic rings. The summed E-state index contributed by atoms with van der Waals surface area (Å²) in [6, 6.07) is 26.9. The van der Waals surface area contributed by atoms with Gasteiger partial charge in [0.15, 0.2) is 6.29 Å². The average Bonchev–Trinajstić information content (AvgIpc) is 3.23. The van der Waals surface area contributed by atoms with E-state index < -0.39 is 6.23 Å². The minimum absolute atomic E-state index is 0.318. The molecular formula is C27H28N2O3. The predicted molar refractivity (Wildman–Crippen MR) is 125 cm³/mol. The van der Waals surface area contributed by atoms with Gasteiger partial charge in [-0.15, -0.1) is 0 Å². The highest BCUT2D eigenvalue weighted by molar-refractivity contribution is 5.73. The Kier molecular flexibility index (Phi) is 6.08. The summed E-state index contributed by atoms with van der Waals surface area (Å²) in [6.07, 6.45) is 2.43. The lowest BCUT2D eigenvalue weighted by atomic mass is 10.0. The third-order valence-electron chi connectivity index (χ3n) is 6.31. The fraction of sp³-hybridized carbons (Fsp3) is 0.296. The number of anilines is 1. The van der Waals surface area contributed by atoms with E-state index in [2.05, 4.69) is 46.2 Å². The Morgan fingerprint density at radius 3 is 2.34 bits per heavy atom. The number of ether oxygens (including phenoxy) is 2. The van der Waals surface area contributed by atoms with Crippen LogP contribution in [0.15, 0.2) is 78.9 Å². The maximum atomic E-state index is 11.6. The average molecular weight is 429 g/mol. The lowest BCUT2D eigenvalue weighted by Crippen LogP contribution is -2.49. The van der Waals surface area contributed by atoms with Crippen molar-refractivity contribution in [3.05, 3.63) is 90.0 Å². The Morgan fingerprint density at radius 2 is 1.59 bits per heavy atom. The summed E-state index contributed by atoms with van der Waals surface area (Å²) in [6.45, 7) is 3.51. The molecule has 1 saturated heterocycles. The molecule has 32 heavy (non-hydrogen) atoms. The first-order chi connectivity index (χ1) is 15.8. The third-order valence-corrected chi connectivity index (χ3v) is 6.31. The van der Waals surface area contributed by atoms with Crippen molar-refractivity contribution in [2.75, 3.05) is 18.0 Å². The molecule has 5 heteroatoms. The molecule has 2 aliphatic heterocycles. The van der Waals surface area contributed by atoms with Crippen LogP contribution in [0.2, 0.25) is 0 Å². The quantitative estimate of drug-likeness (QED) is 0.512. The fourth-order valence-corrected chi connectivity index (χ4v) is 4.64. The van der Waals surface area contributed by atoms with Crippen LogP contribution >= 0.6 is 0 Å². The Hall–Kier alpha value is -3.31. The van der Waals surface area contributed by atoms with E-state index in [0.717, 1.165) is 55.9 Å². The molecule has 3 aromatic rings. The highest BCUT2D eigenvalue weighted by Gasteiger charge is 2.36. The van der Waals surface area contributed by atoms with Gasteiger partial charge in [-0.2, -0.15) is 0 Å². The van der Waals surface area contributed by atoms with Crippen LogP contribution in [0.1, 0.15) is 24.0 Å². The largest absolute Gasteiger partial charge is 0.489 e. The van der Waals surface area contributed by atoms with Crippen molar-refractivity contribution in [2.45, 2.75) is 38.3 Å². The lowest BCUT2D eigenvalue weighted by molar-refractivity contribution is -0.113. The van der Waals surface area contributed by atoms with E-state index in [1.165, 1.54) is 11.1 Å². The van der Waals surface area contributed by atoms with Crippen LogP contribution in [0, 0.1) is 0 Å². The maximum Gasteiger partial charge on any atom is 0.229 e. The first-order valence-corrected chi connectivity index (χ1v) is 11.3. The number of likely N-dealkylation sites (tertiary alicyclic amines) is 1. The van der Waals surface area contributed by atoms with Crippen molar-refractivity contribution in [1.29, 1.82) is 0 Å². The number of para-hydroxylation sites is 2. The van der Waals surface area contributed by atoms with Crippen molar-refractivity contribution in [3.63, 3.8) is 0 Å². The maximum absolute atomic E-state index is 11.6. The number of benzene rings is 3. The Bertz CT molecular complexity index is 1030. The van der Waals surface area contributed by atoms with Crippen LogP contribution in [0.3, 0.4) is 0 Å². The molecule has 0 amide bonds. The van der Waals surface area contributed by atoms with Crippen LogP contribution in [0.4, 0.5) is 5.69 Å². The second kappa shape index (κ2) is 9.45. The fourth-order valence-electron chi connectivity index (χ4n) is 4.64. The molecule has 5 rings (SSSR count). The Morgan fingerprint density at radius 1 is 0.875 bits per heavy atom. The zero-order chi connectivity index (χ0) is 21.8. The zero-order valence-corrected chi connectivity index (χ0v) is 18.1. The Balaban J connectivity index is 1.14. The molecule has 0 saturated carbocycles. The van der Waals surface area contributed by atoms with Crippen molar-refractivity contribution in [1.82, 2.24) is 4.90 Å². The summed E-state index contributed by atoms with van der Waals surface area (Å²) >= 11 is 0. The van der Waals surface area contributed by atoms with E-state index in [1.54, 1.807) is 0 Å². The van der Waals surface area contributed by atoms with Crippen molar-refractivity contribution in [2.24, 2.45) is 0 Å². The van der Waals surface area contributed by atoms with Crippen LogP contribution in [-0.2, 0) is 17.9 Å². The van der Waals surface area contributed by atoms with Crippen molar-refractivity contribution in [3.8, 4) is 11.5 Å². The third kappa shape index (κ3) is 4.48. The summed E-state index contributed by atoms with van der Waals surface area (Å²) in [5.74, 6) is 1.70. The molecule has 1 fully saturated rings. The van der Waals surface area contributed by atoms with E-state index in [0.29, 0.717) is 12.6 Å². The van der Waals surface area contributed by atoms with Gasteiger partial charge in [-0.3, -0.25) is 9.69 Å². The number of fused-ring (bicyclic) bond motifs is 1. The topological polar surface area (TPSA) is 42.0 Å². The molecule has 0 spiro atoms. The molecule has 1 unspecified atom stereocenters. The second-order valence-electron chi connectivity index (χ2n) is 8.45. The first-order valence-electron chi connectivity index (χ1n) is 11.3. The summed E-state index contributed by atoms with van der Waals surface area (Å²) in [4.78, 5) is 16.2. The molecule has 1 atom stereocenters. The van der Waals surface area contributed by atoms with Crippen LogP contribution in [-0.4, -0.2) is 36.5 Å². The van der Waals surface area contributed by atoms with Gasteiger partial charge in [0.25, 0.3) is 0 Å². The number of rotatable bonds is 7. The summed E-state index contributed by atoms with van der Waals surface area (Å²) in [7, 11) is 0. The summed E-state index contributed by atoms with van der Waals surface area (Å²) < 4.78 is 11.7. The summed E-state index contributed by atoms with van der Waals surface area (Å²) in [5, 5.41) is 0. The molecule has 164 valence electrons. The van der Waals surface area contributed by atoms with Crippen LogP contribution in [0.25, 0.3) is 0 Å². The van der Waals surface area contributed by atoms with Gasteiger partial charge < -0.3 is 14.4 Å². The van der Waals surface area contributed by atoms with Gasteiger partial charge in [0.05, 0.1) is 5.69 Å². The highest BCUT2D eigenvalue weighted by Crippen LogP contribution is 2.39. The van der Waals surface area contributed by atoms with Gasteiger partial charge in [-0.05, 0) is 48.2 Å². The molecule has 0 aliphatic carbocycles. The van der Waals surface area contributed by atoms with Gasteiger partial charge in [0, 0.05) is 25.7 Å². The van der Waals surface area contributed by atoms with E-state index in [9.17, 15) is 4.79 Å². The minimum atomic E-state index is -0.507. The normalized spacial score (nSPS) is 18.8. The highest BCUT2D eigenvalue weighted by atomic mass is 16.5. The van der Waals surface area contributed by atoms with Gasteiger partial charge in [-0.25, -0.2) is 0 Å². The Labute approximate surface area is 189 Å². The molecule has 3 aromatic carbocycles. The second-order valence-corrected chi connectivity index (χ2v) is 8.45. The number of piperidine rings is 1. The standard InChI is InChI=1S/C27H28N2O3/c30-19-27-29(25-8-4-5-9-26(25)32-27)23-14-16-28(17-15-23)18-21-10-12-24(13-11-21)31-20-22-6-2-1-3-7-22/h1-13,19,23,27H,14-18,20H2. The predicted octanol–water partition coefficient (Wildman–Crippen LogP) is 4.65. The van der Waals surface area contributed by atoms with Gasteiger partial charge in [0.1, 0.15) is 18.1 Å². The van der Waals surface area contributed by atoms with Crippen molar-refractivity contribution < 1.29 is 14.3 Å². The number of carbonyl (C=O) groups is 1. The van der Waals surface area contributed by atoms with Gasteiger partial charge in [-0.1, -0.05) is 54.6 Å². The molecule has 0 N–H and O–H groups in total. The minimum Gasteiger partial charge on any atom is -0.489 e.